The fourth-order valence-electron chi connectivity index (χ4n) is 3.79. The van der Waals surface area contributed by atoms with E-state index < -0.39 is 0 Å². The summed E-state index contributed by atoms with van der Waals surface area (Å²) in [4.78, 5) is 37.1. The molecule has 142 valence electrons. The molecule has 27 heavy (non-hydrogen) atoms. The number of aryl methyl sites for hydroxylation is 1. The van der Waals surface area contributed by atoms with Gasteiger partial charge in [0.25, 0.3) is 5.91 Å². The van der Waals surface area contributed by atoms with Crippen LogP contribution in [0.25, 0.3) is 0 Å². The summed E-state index contributed by atoms with van der Waals surface area (Å²) in [6.07, 6.45) is 6.74. The summed E-state index contributed by atoms with van der Waals surface area (Å²) in [6, 6.07) is 4.84. The molecular weight excluding hydrogens is 346 g/mol. The Morgan fingerprint density at radius 1 is 1.15 bits per heavy atom. The summed E-state index contributed by atoms with van der Waals surface area (Å²) in [5.74, 6) is 0.684. The Labute approximate surface area is 157 Å². The summed E-state index contributed by atoms with van der Waals surface area (Å²) in [5, 5.41) is 0. The normalized spacial score (nSPS) is 19.3. The molecule has 4 heterocycles. The first-order chi connectivity index (χ1) is 13.1. The van der Waals surface area contributed by atoms with Gasteiger partial charge in [-0.15, -0.1) is 0 Å². The number of carbonyl (C=O) groups is 1. The van der Waals surface area contributed by atoms with E-state index in [1.54, 1.807) is 31.7 Å². The average Bonchev–Trinajstić information content (AvgIpc) is 2.71. The van der Waals surface area contributed by atoms with E-state index in [9.17, 15) is 9.59 Å². The number of piperidine rings is 1. The summed E-state index contributed by atoms with van der Waals surface area (Å²) in [7, 11) is 1.65. The van der Waals surface area contributed by atoms with Crippen molar-refractivity contribution in [3.63, 3.8) is 0 Å². The lowest BCUT2D eigenvalue weighted by atomic mass is 9.89. The third-order valence-electron chi connectivity index (χ3n) is 5.38. The molecule has 0 radical (unpaired) electrons. The first-order valence-corrected chi connectivity index (χ1v) is 9.18. The number of aromatic nitrogens is 3. The van der Waals surface area contributed by atoms with Gasteiger partial charge in [0.1, 0.15) is 0 Å². The zero-order valence-electron chi connectivity index (χ0n) is 15.4. The number of morpholine rings is 1. The van der Waals surface area contributed by atoms with Crippen LogP contribution in [0.5, 0.6) is 0 Å². The monoisotopic (exact) mass is 369 g/mol. The molecule has 0 aromatic carbocycles. The fourth-order valence-corrected chi connectivity index (χ4v) is 3.79. The molecule has 2 aromatic rings. The zero-order valence-corrected chi connectivity index (χ0v) is 15.4. The topological polar surface area (TPSA) is 80.6 Å². The van der Waals surface area contributed by atoms with Crippen molar-refractivity contribution in [2.45, 2.75) is 18.4 Å². The van der Waals surface area contributed by atoms with Crippen LogP contribution in [-0.4, -0.2) is 63.7 Å². The molecule has 1 amide bonds. The van der Waals surface area contributed by atoms with Gasteiger partial charge in [0.05, 0.1) is 24.3 Å². The molecule has 2 saturated heterocycles. The molecule has 8 heteroatoms. The maximum atomic E-state index is 12.9. The number of rotatable bonds is 2. The van der Waals surface area contributed by atoms with Crippen molar-refractivity contribution in [3.8, 4) is 0 Å². The summed E-state index contributed by atoms with van der Waals surface area (Å²) >= 11 is 0. The number of ether oxygens (including phenoxy) is 1. The molecule has 0 atom stereocenters. The Bertz CT molecular complexity index is 874. The SMILES string of the molecule is Cn1cc(C(=O)N2CCOC3(CCN(c4ncccn4)CC3)C2)ccc1=O. The third kappa shape index (κ3) is 3.57. The molecule has 8 nitrogen and oxygen atoms in total. The molecule has 0 bridgehead atoms. The Hall–Kier alpha value is -2.74. The number of hydrogen-bond acceptors (Lipinski definition) is 6. The molecule has 0 aliphatic carbocycles. The second kappa shape index (κ2) is 7.11. The van der Waals surface area contributed by atoms with E-state index in [1.807, 2.05) is 11.0 Å². The maximum Gasteiger partial charge on any atom is 0.255 e. The van der Waals surface area contributed by atoms with Crippen molar-refractivity contribution in [2.75, 3.05) is 37.7 Å². The first kappa shape index (κ1) is 17.7. The molecule has 2 aliphatic rings. The summed E-state index contributed by atoms with van der Waals surface area (Å²) in [5.41, 5.74) is 0.0876. The number of carbonyl (C=O) groups excluding carboxylic acids is 1. The Balaban J connectivity index is 1.44. The van der Waals surface area contributed by atoms with Crippen molar-refractivity contribution in [3.05, 3.63) is 52.7 Å². The van der Waals surface area contributed by atoms with Gasteiger partial charge < -0.3 is 19.1 Å². The van der Waals surface area contributed by atoms with Crippen LogP contribution in [0.15, 0.2) is 41.6 Å². The second-order valence-corrected chi connectivity index (χ2v) is 7.16. The van der Waals surface area contributed by atoms with Gasteiger partial charge in [-0.1, -0.05) is 0 Å². The van der Waals surface area contributed by atoms with Crippen molar-refractivity contribution in [2.24, 2.45) is 7.05 Å². The van der Waals surface area contributed by atoms with Crippen LogP contribution in [-0.2, 0) is 11.8 Å². The molecule has 0 N–H and O–H groups in total. The minimum absolute atomic E-state index is 0.0536. The van der Waals surface area contributed by atoms with E-state index in [1.165, 1.54) is 10.6 Å². The van der Waals surface area contributed by atoms with Crippen LogP contribution in [0.2, 0.25) is 0 Å². The van der Waals surface area contributed by atoms with Gasteiger partial charge >= 0.3 is 0 Å². The largest absolute Gasteiger partial charge is 0.371 e. The van der Waals surface area contributed by atoms with E-state index in [0.717, 1.165) is 31.9 Å². The average molecular weight is 369 g/mol. The van der Waals surface area contributed by atoms with Gasteiger partial charge in [-0.2, -0.15) is 0 Å². The third-order valence-corrected chi connectivity index (χ3v) is 5.38. The lowest BCUT2D eigenvalue weighted by molar-refractivity contribution is -0.111. The van der Waals surface area contributed by atoms with Gasteiger partial charge in [0.2, 0.25) is 11.5 Å². The molecule has 2 aliphatic heterocycles. The van der Waals surface area contributed by atoms with Crippen LogP contribution >= 0.6 is 0 Å². The molecule has 0 unspecified atom stereocenters. The van der Waals surface area contributed by atoms with Crippen LogP contribution < -0.4 is 10.5 Å². The first-order valence-electron chi connectivity index (χ1n) is 9.18. The fraction of sp³-hybridized carbons (Fsp3) is 0.474. The Morgan fingerprint density at radius 2 is 1.89 bits per heavy atom. The summed E-state index contributed by atoms with van der Waals surface area (Å²) in [6.45, 7) is 3.25. The number of nitrogens with zero attached hydrogens (tertiary/aromatic N) is 5. The zero-order chi connectivity index (χ0) is 18.9. The molecule has 2 fully saturated rings. The van der Waals surface area contributed by atoms with E-state index in [0.29, 0.717) is 25.3 Å². The lowest BCUT2D eigenvalue weighted by Crippen LogP contribution is -2.58. The number of hydrogen-bond donors (Lipinski definition) is 0. The molecule has 1 spiro atoms. The van der Waals surface area contributed by atoms with Crippen molar-refractivity contribution < 1.29 is 9.53 Å². The van der Waals surface area contributed by atoms with Gasteiger partial charge in [-0.05, 0) is 25.0 Å². The molecular formula is C19H23N5O3. The highest BCUT2D eigenvalue weighted by molar-refractivity contribution is 5.94. The second-order valence-electron chi connectivity index (χ2n) is 7.16. The summed E-state index contributed by atoms with van der Waals surface area (Å²) < 4.78 is 7.57. The molecule has 2 aromatic heterocycles. The number of anilines is 1. The van der Waals surface area contributed by atoms with E-state index in [4.69, 9.17) is 4.74 Å². The van der Waals surface area contributed by atoms with Gasteiger partial charge in [-0.25, -0.2) is 9.97 Å². The quantitative estimate of drug-likeness (QED) is 0.775. The smallest absolute Gasteiger partial charge is 0.255 e. The predicted octanol–water partition coefficient (Wildman–Crippen LogP) is 0.687. The van der Waals surface area contributed by atoms with Crippen molar-refractivity contribution >= 4 is 11.9 Å². The van der Waals surface area contributed by atoms with Gasteiger partial charge in [-0.3, -0.25) is 9.59 Å². The minimum Gasteiger partial charge on any atom is -0.371 e. The van der Waals surface area contributed by atoms with Crippen LogP contribution in [0.3, 0.4) is 0 Å². The van der Waals surface area contributed by atoms with Crippen LogP contribution in [0.4, 0.5) is 5.95 Å². The molecule has 0 saturated carbocycles. The molecule has 4 rings (SSSR count). The predicted molar refractivity (Wildman–Crippen MR) is 99.7 cm³/mol. The highest BCUT2D eigenvalue weighted by atomic mass is 16.5. The van der Waals surface area contributed by atoms with Crippen molar-refractivity contribution in [1.82, 2.24) is 19.4 Å². The van der Waals surface area contributed by atoms with Crippen LogP contribution in [0, 0.1) is 0 Å². The van der Waals surface area contributed by atoms with Gasteiger partial charge in [0, 0.05) is 51.3 Å². The maximum absolute atomic E-state index is 12.9. The number of pyridine rings is 1. The minimum atomic E-state index is -0.320. The van der Waals surface area contributed by atoms with E-state index in [-0.39, 0.29) is 17.1 Å². The van der Waals surface area contributed by atoms with E-state index >= 15 is 0 Å². The van der Waals surface area contributed by atoms with Crippen LogP contribution in [0.1, 0.15) is 23.2 Å². The lowest BCUT2D eigenvalue weighted by Gasteiger charge is -2.47. The van der Waals surface area contributed by atoms with Gasteiger partial charge in [0.15, 0.2) is 0 Å². The Kier molecular flexibility index (Phi) is 4.65. The number of amides is 1. The Morgan fingerprint density at radius 3 is 2.59 bits per heavy atom. The van der Waals surface area contributed by atoms with E-state index in [2.05, 4.69) is 14.9 Å². The highest BCUT2D eigenvalue weighted by Gasteiger charge is 2.41. The highest BCUT2D eigenvalue weighted by Crippen LogP contribution is 2.31. The standard InChI is InChI=1S/C19H23N5O3/c1-22-13-15(3-4-16(22)25)17(26)24-11-12-27-19(14-24)5-9-23(10-6-19)18-20-7-2-8-21-18/h2-4,7-8,13H,5-6,9-12,14H2,1H3. The van der Waals surface area contributed by atoms with Crippen molar-refractivity contribution in [1.29, 1.82) is 0 Å².